The molecule has 1 aliphatic carbocycles. The maximum atomic E-state index is 12.2. The van der Waals surface area contributed by atoms with Gasteiger partial charge in [-0.3, -0.25) is 0 Å². The summed E-state index contributed by atoms with van der Waals surface area (Å²) in [5.74, 6) is 0.685. The lowest BCUT2D eigenvalue weighted by atomic mass is 10.0. The summed E-state index contributed by atoms with van der Waals surface area (Å²) in [4.78, 5) is 3.98. The lowest BCUT2D eigenvalue weighted by Crippen LogP contribution is -2.34. The Balaban J connectivity index is 2.08. The van der Waals surface area contributed by atoms with Crippen LogP contribution in [0.25, 0.3) is 0 Å². The van der Waals surface area contributed by atoms with Crippen molar-refractivity contribution in [2.45, 2.75) is 50.0 Å². The molecule has 0 aliphatic heterocycles. The number of sulfonamides is 1. The van der Waals surface area contributed by atoms with E-state index in [0.717, 1.165) is 25.7 Å². The maximum Gasteiger partial charge on any atom is 0.240 e. The van der Waals surface area contributed by atoms with Gasteiger partial charge in [0.1, 0.15) is 5.15 Å². The molecule has 19 heavy (non-hydrogen) atoms. The molecule has 2 rings (SSSR count). The molecule has 6 heteroatoms. The molecule has 0 spiro atoms. The molecule has 4 nitrogen and oxygen atoms in total. The highest BCUT2D eigenvalue weighted by molar-refractivity contribution is 7.89. The van der Waals surface area contributed by atoms with Gasteiger partial charge in [-0.05, 0) is 37.3 Å². The molecule has 1 fully saturated rings. The van der Waals surface area contributed by atoms with Crippen LogP contribution in [0, 0.1) is 5.92 Å². The van der Waals surface area contributed by atoms with E-state index in [1.165, 1.54) is 24.8 Å². The third kappa shape index (κ3) is 4.16. The normalized spacial score (nSPS) is 24.9. The van der Waals surface area contributed by atoms with Gasteiger partial charge in [-0.1, -0.05) is 31.4 Å². The summed E-state index contributed by atoms with van der Waals surface area (Å²) < 4.78 is 27.3. The first-order chi connectivity index (χ1) is 8.97. The molecular formula is C13H19ClN2O2S. The van der Waals surface area contributed by atoms with Crippen molar-refractivity contribution in [3.63, 3.8) is 0 Å². The highest BCUT2D eigenvalue weighted by Crippen LogP contribution is 2.24. The Morgan fingerprint density at radius 1 is 1.32 bits per heavy atom. The number of aromatic nitrogens is 1. The monoisotopic (exact) mass is 302 g/mol. The predicted molar refractivity (Wildman–Crippen MR) is 75.6 cm³/mol. The highest BCUT2D eigenvalue weighted by atomic mass is 35.5. The third-order valence-corrected chi connectivity index (χ3v) is 5.31. The lowest BCUT2D eigenvalue weighted by molar-refractivity contribution is 0.484. The third-order valence-electron chi connectivity index (χ3n) is 3.59. The van der Waals surface area contributed by atoms with Crippen LogP contribution in [-0.2, 0) is 10.0 Å². The van der Waals surface area contributed by atoms with Gasteiger partial charge in [-0.2, -0.15) is 0 Å². The SMILES string of the molecule is CC1CCCC(NS(=O)(=O)c2ccnc(Cl)c2)CC1. The van der Waals surface area contributed by atoms with Crippen molar-refractivity contribution in [3.05, 3.63) is 23.5 Å². The molecule has 2 unspecified atom stereocenters. The van der Waals surface area contributed by atoms with Crippen molar-refractivity contribution >= 4 is 21.6 Å². The first-order valence-electron chi connectivity index (χ1n) is 6.61. The fraction of sp³-hybridized carbons (Fsp3) is 0.615. The van der Waals surface area contributed by atoms with Crippen LogP contribution in [0.2, 0.25) is 5.15 Å². The summed E-state index contributed by atoms with van der Waals surface area (Å²) in [7, 11) is -3.49. The molecule has 1 aromatic rings. The van der Waals surface area contributed by atoms with Gasteiger partial charge < -0.3 is 0 Å². The minimum absolute atomic E-state index is 0.0295. The Morgan fingerprint density at radius 3 is 2.84 bits per heavy atom. The summed E-state index contributed by atoms with van der Waals surface area (Å²) >= 11 is 5.74. The predicted octanol–water partition coefficient (Wildman–Crippen LogP) is 2.98. The van der Waals surface area contributed by atoms with Crippen molar-refractivity contribution in [2.75, 3.05) is 0 Å². The zero-order valence-electron chi connectivity index (χ0n) is 11.0. The van der Waals surface area contributed by atoms with Crippen LogP contribution in [-0.4, -0.2) is 19.4 Å². The molecule has 1 N–H and O–H groups in total. The van der Waals surface area contributed by atoms with Crippen LogP contribution in [0.1, 0.15) is 39.0 Å². The van der Waals surface area contributed by atoms with Crippen LogP contribution in [0.5, 0.6) is 0 Å². The van der Waals surface area contributed by atoms with Crippen LogP contribution >= 0.6 is 11.6 Å². The summed E-state index contributed by atoms with van der Waals surface area (Å²) in [5, 5.41) is 0.192. The second-order valence-electron chi connectivity index (χ2n) is 5.25. The zero-order chi connectivity index (χ0) is 13.9. The molecule has 0 amide bonds. The van der Waals surface area contributed by atoms with Gasteiger partial charge in [-0.15, -0.1) is 0 Å². The molecular weight excluding hydrogens is 284 g/mol. The summed E-state index contributed by atoms with van der Waals surface area (Å²) in [6, 6.07) is 2.87. The second-order valence-corrected chi connectivity index (χ2v) is 7.35. The Hall–Kier alpha value is -0.650. The number of nitrogens with zero attached hydrogens (tertiary/aromatic N) is 1. The number of halogens is 1. The first-order valence-corrected chi connectivity index (χ1v) is 8.47. The smallest absolute Gasteiger partial charge is 0.240 e. The summed E-state index contributed by atoms with van der Waals surface area (Å²) in [6.07, 6.45) is 6.54. The van der Waals surface area contributed by atoms with Gasteiger partial charge in [0.05, 0.1) is 4.90 Å². The molecule has 1 saturated carbocycles. The van der Waals surface area contributed by atoms with Gasteiger partial charge >= 0.3 is 0 Å². The zero-order valence-corrected chi connectivity index (χ0v) is 12.5. The first kappa shape index (κ1) is 14.8. The number of hydrogen-bond donors (Lipinski definition) is 1. The molecule has 1 heterocycles. The van der Waals surface area contributed by atoms with Gasteiger partial charge in [0.2, 0.25) is 10.0 Å². The van der Waals surface area contributed by atoms with E-state index in [9.17, 15) is 8.42 Å². The Bertz CT molecular complexity index is 533. The van der Waals surface area contributed by atoms with Crippen LogP contribution in [0.15, 0.2) is 23.2 Å². The fourth-order valence-electron chi connectivity index (χ4n) is 2.44. The molecule has 0 bridgehead atoms. The standard InChI is InChI=1S/C13H19ClN2O2S/c1-10-3-2-4-11(6-5-10)16-19(17,18)12-7-8-15-13(14)9-12/h7-11,16H,2-6H2,1H3. The topological polar surface area (TPSA) is 59.1 Å². The minimum Gasteiger partial charge on any atom is -0.244 e. The quantitative estimate of drug-likeness (QED) is 0.690. The van der Waals surface area contributed by atoms with E-state index in [2.05, 4.69) is 16.6 Å². The van der Waals surface area contributed by atoms with E-state index in [-0.39, 0.29) is 16.1 Å². The Morgan fingerprint density at radius 2 is 2.11 bits per heavy atom. The van der Waals surface area contributed by atoms with Gasteiger partial charge in [0.15, 0.2) is 0 Å². The number of hydrogen-bond acceptors (Lipinski definition) is 3. The molecule has 106 valence electrons. The number of nitrogens with one attached hydrogen (secondary N) is 1. The molecule has 2 atom stereocenters. The molecule has 1 aromatic heterocycles. The van der Waals surface area contributed by atoms with Crippen molar-refractivity contribution in [2.24, 2.45) is 5.92 Å². The Labute approximate surface area is 119 Å². The van der Waals surface area contributed by atoms with Crippen molar-refractivity contribution in [1.82, 2.24) is 9.71 Å². The fourth-order valence-corrected chi connectivity index (χ4v) is 4.00. The Kier molecular flexibility index (Phi) is 4.81. The lowest BCUT2D eigenvalue weighted by Gasteiger charge is -2.16. The molecule has 1 aliphatic rings. The van der Waals surface area contributed by atoms with Crippen LogP contribution < -0.4 is 4.72 Å². The van der Waals surface area contributed by atoms with Crippen LogP contribution in [0.3, 0.4) is 0 Å². The van der Waals surface area contributed by atoms with Gasteiger partial charge in [0.25, 0.3) is 0 Å². The largest absolute Gasteiger partial charge is 0.244 e. The van der Waals surface area contributed by atoms with Gasteiger partial charge in [0, 0.05) is 12.2 Å². The van der Waals surface area contributed by atoms with Crippen molar-refractivity contribution in [1.29, 1.82) is 0 Å². The van der Waals surface area contributed by atoms with E-state index in [0.29, 0.717) is 5.92 Å². The number of pyridine rings is 1. The summed E-state index contributed by atoms with van der Waals surface area (Å²) in [5.41, 5.74) is 0. The average Bonchev–Trinajstić information content (AvgIpc) is 2.54. The molecule has 0 radical (unpaired) electrons. The van der Waals surface area contributed by atoms with E-state index in [1.54, 1.807) is 0 Å². The van der Waals surface area contributed by atoms with E-state index >= 15 is 0 Å². The summed E-state index contributed by atoms with van der Waals surface area (Å²) in [6.45, 7) is 2.22. The van der Waals surface area contributed by atoms with E-state index in [1.807, 2.05) is 0 Å². The second kappa shape index (κ2) is 6.20. The van der Waals surface area contributed by atoms with Crippen LogP contribution in [0.4, 0.5) is 0 Å². The molecule has 0 aromatic carbocycles. The van der Waals surface area contributed by atoms with Crippen molar-refractivity contribution in [3.8, 4) is 0 Å². The van der Waals surface area contributed by atoms with Crippen molar-refractivity contribution < 1.29 is 8.42 Å². The number of rotatable bonds is 3. The average molecular weight is 303 g/mol. The van der Waals surface area contributed by atoms with E-state index < -0.39 is 10.0 Å². The molecule has 0 saturated heterocycles. The van der Waals surface area contributed by atoms with E-state index in [4.69, 9.17) is 11.6 Å². The highest BCUT2D eigenvalue weighted by Gasteiger charge is 2.22. The maximum absolute atomic E-state index is 12.2. The minimum atomic E-state index is -3.49. The van der Waals surface area contributed by atoms with Gasteiger partial charge in [-0.25, -0.2) is 18.1 Å².